The van der Waals surface area contributed by atoms with Crippen molar-refractivity contribution in [1.82, 2.24) is 5.32 Å². The van der Waals surface area contributed by atoms with Gasteiger partial charge in [-0.25, -0.2) is 0 Å². The fourth-order valence-corrected chi connectivity index (χ4v) is 2.19. The SMILES string of the molecule is COc1ccc(NC(=O)CNC(=O)c2ccc(C(F)(F)F)cc2)cc1OC. The average Bonchev–Trinajstić information content (AvgIpc) is 2.65. The van der Waals surface area contributed by atoms with Gasteiger partial charge in [0.05, 0.1) is 26.3 Å². The molecule has 2 N–H and O–H groups in total. The maximum absolute atomic E-state index is 12.5. The molecule has 0 unspecified atom stereocenters. The second kappa shape index (κ2) is 8.43. The van der Waals surface area contributed by atoms with Crippen LogP contribution in [0.4, 0.5) is 18.9 Å². The van der Waals surface area contributed by atoms with Gasteiger partial charge in [0.25, 0.3) is 5.91 Å². The van der Waals surface area contributed by atoms with E-state index < -0.39 is 23.6 Å². The molecular weight excluding hydrogens is 365 g/mol. The summed E-state index contributed by atoms with van der Waals surface area (Å²) in [4.78, 5) is 23.9. The second-order valence-electron chi connectivity index (χ2n) is 5.38. The van der Waals surface area contributed by atoms with Gasteiger partial charge in [-0.1, -0.05) is 0 Å². The van der Waals surface area contributed by atoms with Crippen LogP contribution in [-0.2, 0) is 11.0 Å². The Morgan fingerprint density at radius 2 is 1.59 bits per heavy atom. The second-order valence-corrected chi connectivity index (χ2v) is 5.38. The van der Waals surface area contributed by atoms with Crippen molar-refractivity contribution in [3.63, 3.8) is 0 Å². The molecule has 0 heterocycles. The molecule has 27 heavy (non-hydrogen) atoms. The van der Waals surface area contributed by atoms with Gasteiger partial charge in [-0.15, -0.1) is 0 Å². The van der Waals surface area contributed by atoms with Gasteiger partial charge < -0.3 is 20.1 Å². The largest absolute Gasteiger partial charge is 0.493 e. The zero-order valence-electron chi connectivity index (χ0n) is 14.5. The summed E-state index contributed by atoms with van der Waals surface area (Å²) in [5, 5.41) is 4.91. The Hall–Kier alpha value is -3.23. The highest BCUT2D eigenvalue weighted by Crippen LogP contribution is 2.30. The van der Waals surface area contributed by atoms with Crippen LogP contribution in [0.1, 0.15) is 15.9 Å². The molecular formula is C18H17F3N2O4. The van der Waals surface area contributed by atoms with E-state index in [0.29, 0.717) is 17.2 Å². The fourth-order valence-electron chi connectivity index (χ4n) is 2.19. The first kappa shape index (κ1) is 20.1. The molecule has 144 valence electrons. The van der Waals surface area contributed by atoms with Gasteiger partial charge in [-0.05, 0) is 36.4 Å². The minimum Gasteiger partial charge on any atom is -0.493 e. The number of carbonyl (C=O) groups excluding carboxylic acids is 2. The summed E-state index contributed by atoms with van der Waals surface area (Å²) in [5.74, 6) is -0.260. The van der Waals surface area contributed by atoms with Crippen LogP contribution in [0.25, 0.3) is 0 Å². The number of alkyl halides is 3. The molecule has 0 fully saturated rings. The van der Waals surface area contributed by atoms with E-state index in [1.807, 2.05) is 0 Å². The van der Waals surface area contributed by atoms with Gasteiger partial charge in [0.1, 0.15) is 0 Å². The molecule has 0 saturated carbocycles. The van der Waals surface area contributed by atoms with E-state index in [-0.39, 0.29) is 12.1 Å². The van der Waals surface area contributed by atoms with Crippen LogP contribution in [0.2, 0.25) is 0 Å². The molecule has 0 atom stereocenters. The van der Waals surface area contributed by atoms with Crippen LogP contribution < -0.4 is 20.1 Å². The number of ether oxygens (including phenoxy) is 2. The number of benzene rings is 2. The number of amides is 2. The molecule has 0 spiro atoms. The van der Waals surface area contributed by atoms with E-state index in [9.17, 15) is 22.8 Å². The minimum absolute atomic E-state index is 0.0157. The molecule has 0 aliphatic carbocycles. The van der Waals surface area contributed by atoms with E-state index in [4.69, 9.17) is 9.47 Å². The van der Waals surface area contributed by atoms with Crippen molar-refractivity contribution in [2.45, 2.75) is 6.18 Å². The lowest BCUT2D eigenvalue weighted by Crippen LogP contribution is -2.32. The van der Waals surface area contributed by atoms with Crippen LogP contribution in [-0.4, -0.2) is 32.6 Å². The van der Waals surface area contributed by atoms with Crippen molar-refractivity contribution in [2.24, 2.45) is 0 Å². The van der Waals surface area contributed by atoms with E-state index in [1.165, 1.54) is 14.2 Å². The standard InChI is InChI=1S/C18H17F3N2O4/c1-26-14-8-7-13(9-15(14)27-2)23-16(24)10-22-17(25)11-3-5-12(6-4-11)18(19,20)21/h3-9H,10H2,1-2H3,(H,22,25)(H,23,24). The van der Waals surface area contributed by atoms with Crippen LogP contribution >= 0.6 is 0 Å². The van der Waals surface area contributed by atoms with Gasteiger partial charge in [-0.3, -0.25) is 9.59 Å². The number of rotatable bonds is 6. The first-order valence-electron chi connectivity index (χ1n) is 7.72. The van der Waals surface area contributed by atoms with Crippen molar-refractivity contribution in [1.29, 1.82) is 0 Å². The van der Waals surface area contributed by atoms with Crippen molar-refractivity contribution in [2.75, 3.05) is 26.1 Å². The summed E-state index contributed by atoms with van der Waals surface area (Å²) in [6, 6.07) is 8.45. The Kier molecular flexibility index (Phi) is 6.27. The third-order valence-corrected chi connectivity index (χ3v) is 3.55. The van der Waals surface area contributed by atoms with Crippen LogP contribution in [0.5, 0.6) is 11.5 Å². The number of carbonyl (C=O) groups is 2. The van der Waals surface area contributed by atoms with E-state index in [0.717, 1.165) is 24.3 Å². The Morgan fingerprint density at radius 1 is 0.963 bits per heavy atom. The monoisotopic (exact) mass is 382 g/mol. The van der Waals surface area contributed by atoms with Crippen molar-refractivity contribution < 1.29 is 32.2 Å². The summed E-state index contributed by atoms with van der Waals surface area (Å²) in [6.45, 7) is -0.353. The third kappa shape index (κ3) is 5.37. The highest BCUT2D eigenvalue weighted by Gasteiger charge is 2.30. The molecule has 0 aliphatic rings. The van der Waals surface area contributed by atoms with Crippen LogP contribution in [0.15, 0.2) is 42.5 Å². The fraction of sp³-hybridized carbons (Fsp3) is 0.222. The van der Waals surface area contributed by atoms with E-state index >= 15 is 0 Å². The van der Waals surface area contributed by atoms with Gasteiger partial charge in [0.15, 0.2) is 11.5 Å². The molecule has 0 bridgehead atoms. The number of hydrogen-bond donors (Lipinski definition) is 2. The zero-order valence-corrected chi connectivity index (χ0v) is 14.5. The van der Waals surface area contributed by atoms with Gasteiger partial charge in [-0.2, -0.15) is 13.2 Å². The number of hydrogen-bond acceptors (Lipinski definition) is 4. The quantitative estimate of drug-likeness (QED) is 0.805. The van der Waals surface area contributed by atoms with Gasteiger partial charge in [0, 0.05) is 17.3 Å². The lowest BCUT2D eigenvalue weighted by atomic mass is 10.1. The first-order valence-corrected chi connectivity index (χ1v) is 7.72. The minimum atomic E-state index is -4.48. The molecule has 0 saturated heterocycles. The molecule has 9 heteroatoms. The first-order chi connectivity index (χ1) is 12.7. The van der Waals surface area contributed by atoms with Crippen LogP contribution in [0, 0.1) is 0 Å². The number of nitrogens with one attached hydrogen (secondary N) is 2. The highest BCUT2D eigenvalue weighted by molar-refractivity contribution is 5.99. The number of halogens is 3. The Labute approximate surface area is 153 Å². The molecule has 0 aliphatic heterocycles. The zero-order chi connectivity index (χ0) is 20.0. The maximum Gasteiger partial charge on any atom is 0.416 e. The molecule has 2 aromatic carbocycles. The van der Waals surface area contributed by atoms with Crippen molar-refractivity contribution >= 4 is 17.5 Å². The van der Waals surface area contributed by atoms with Crippen molar-refractivity contribution in [3.8, 4) is 11.5 Å². The molecule has 2 aromatic rings. The molecule has 6 nitrogen and oxygen atoms in total. The van der Waals surface area contributed by atoms with Crippen LogP contribution in [0.3, 0.4) is 0 Å². The lowest BCUT2D eigenvalue weighted by molar-refractivity contribution is -0.137. The number of methoxy groups -OCH3 is 2. The Morgan fingerprint density at radius 3 is 2.15 bits per heavy atom. The molecule has 0 aromatic heterocycles. The van der Waals surface area contributed by atoms with Gasteiger partial charge >= 0.3 is 6.18 Å². The summed E-state index contributed by atoms with van der Waals surface area (Å²) in [6.07, 6.45) is -4.48. The highest BCUT2D eigenvalue weighted by atomic mass is 19.4. The van der Waals surface area contributed by atoms with Gasteiger partial charge in [0.2, 0.25) is 5.91 Å². The molecule has 0 radical (unpaired) electrons. The molecule has 2 amide bonds. The lowest BCUT2D eigenvalue weighted by Gasteiger charge is -2.11. The summed E-state index contributed by atoms with van der Waals surface area (Å²) in [5.41, 5.74) is -0.409. The van der Waals surface area contributed by atoms with E-state index in [2.05, 4.69) is 10.6 Å². The summed E-state index contributed by atoms with van der Waals surface area (Å²) < 4.78 is 47.7. The predicted octanol–water partition coefficient (Wildman–Crippen LogP) is 3.09. The topological polar surface area (TPSA) is 76.7 Å². The summed E-state index contributed by atoms with van der Waals surface area (Å²) in [7, 11) is 2.93. The smallest absolute Gasteiger partial charge is 0.416 e. The normalized spacial score (nSPS) is 10.9. The van der Waals surface area contributed by atoms with Crippen molar-refractivity contribution in [3.05, 3.63) is 53.6 Å². The predicted molar refractivity (Wildman–Crippen MR) is 92.0 cm³/mol. The maximum atomic E-state index is 12.5. The Bertz CT molecular complexity index is 820. The molecule has 2 rings (SSSR count). The summed E-state index contributed by atoms with van der Waals surface area (Å²) >= 11 is 0. The average molecular weight is 382 g/mol. The Balaban J connectivity index is 1.92. The third-order valence-electron chi connectivity index (χ3n) is 3.55. The van der Waals surface area contributed by atoms with E-state index in [1.54, 1.807) is 18.2 Å². The number of anilines is 1.